The monoisotopic (exact) mass is 267 g/mol. The van der Waals surface area contributed by atoms with Crippen molar-refractivity contribution in [2.75, 3.05) is 33.9 Å². The first-order chi connectivity index (χ1) is 9.21. The van der Waals surface area contributed by atoms with Gasteiger partial charge in [0.2, 0.25) is 0 Å². The number of rotatable bonds is 8. The molecule has 1 atom stereocenters. The average Bonchev–Trinajstić information content (AvgIpc) is 2.92. The molecule has 19 heavy (non-hydrogen) atoms. The van der Waals surface area contributed by atoms with Gasteiger partial charge in [0.25, 0.3) is 0 Å². The van der Waals surface area contributed by atoms with Crippen LogP contribution in [-0.2, 0) is 9.47 Å². The van der Waals surface area contributed by atoms with Gasteiger partial charge in [-0.05, 0) is 70.3 Å². The third-order valence-corrected chi connectivity index (χ3v) is 3.71. The first-order valence-electron chi connectivity index (χ1n) is 7.40. The molecular weight excluding hydrogens is 238 g/mol. The van der Waals surface area contributed by atoms with Crippen LogP contribution in [0.15, 0.2) is 23.7 Å². The molecule has 0 N–H and O–H groups in total. The third-order valence-electron chi connectivity index (χ3n) is 3.71. The molecule has 0 bridgehead atoms. The highest BCUT2D eigenvalue weighted by Crippen LogP contribution is 2.18. The van der Waals surface area contributed by atoms with Crippen molar-refractivity contribution in [3.8, 4) is 0 Å². The van der Waals surface area contributed by atoms with E-state index in [-0.39, 0.29) is 0 Å². The summed E-state index contributed by atoms with van der Waals surface area (Å²) in [6.45, 7) is 8.02. The first kappa shape index (κ1) is 16.1. The van der Waals surface area contributed by atoms with Gasteiger partial charge in [-0.2, -0.15) is 0 Å². The summed E-state index contributed by atoms with van der Waals surface area (Å²) in [5.41, 5.74) is 0. The number of likely N-dealkylation sites (tertiary alicyclic amines) is 1. The Bertz CT molecular complexity index is 304. The maximum absolute atomic E-state index is 5.40. The Balaban J connectivity index is 2.36. The molecule has 0 aliphatic carbocycles. The molecule has 0 saturated carbocycles. The predicted octanol–water partition coefficient (Wildman–Crippen LogP) is 3.58. The summed E-state index contributed by atoms with van der Waals surface area (Å²) in [5, 5.41) is 0. The Morgan fingerprint density at radius 3 is 2.32 bits per heavy atom. The molecule has 1 aliphatic heterocycles. The third kappa shape index (κ3) is 5.68. The van der Waals surface area contributed by atoms with Crippen molar-refractivity contribution in [1.82, 2.24) is 4.90 Å². The van der Waals surface area contributed by atoms with Gasteiger partial charge in [0, 0.05) is 0 Å². The zero-order chi connectivity index (χ0) is 14.1. The molecule has 0 spiro atoms. The van der Waals surface area contributed by atoms with Gasteiger partial charge in [0.15, 0.2) is 11.5 Å². The van der Waals surface area contributed by atoms with E-state index in [1.54, 1.807) is 14.2 Å². The standard InChI is InChI=1S/C16H29NO2/c1-5-15(18-3)16(19-4)13-14(2)9-8-12-17-10-6-7-11-17/h5,13-14H,6-12H2,1-4H3/b15-5+,16-13+. The summed E-state index contributed by atoms with van der Waals surface area (Å²) in [6.07, 6.45) is 9.32. The number of hydrogen-bond donors (Lipinski definition) is 0. The van der Waals surface area contributed by atoms with Crippen molar-refractivity contribution in [3.63, 3.8) is 0 Å². The Hall–Kier alpha value is -0.960. The van der Waals surface area contributed by atoms with Crippen LogP contribution in [0.4, 0.5) is 0 Å². The van der Waals surface area contributed by atoms with E-state index in [0.29, 0.717) is 5.92 Å². The fourth-order valence-corrected chi connectivity index (χ4v) is 2.60. The van der Waals surface area contributed by atoms with Crippen molar-refractivity contribution in [1.29, 1.82) is 0 Å². The van der Waals surface area contributed by atoms with Crippen molar-refractivity contribution >= 4 is 0 Å². The molecule has 1 aliphatic rings. The number of allylic oxidation sites excluding steroid dienone is 2. The van der Waals surface area contributed by atoms with E-state index in [9.17, 15) is 0 Å². The molecule has 0 aromatic heterocycles. The van der Waals surface area contributed by atoms with Gasteiger partial charge in [-0.3, -0.25) is 0 Å². The molecule has 1 heterocycles. The van der Waals surface area contributed by atoms with Crippen LogP contribution in [0.1, 0.15) is 39.5 Å². The van der Waals surface area contributed by atoms with Gasteiger partial charge in [-0.25, -0.2) is 0 Å². The average molecular weight is 267 g/mol. The predicted molar refractivity (Wildman–Crippen MR) is 79.9 cm³/mol. The lowest BCUT2D eigenvalue weighted by Crippen LogP contribution is -2.20. The van der Waals surface area contributed by atoms with Crippen LogP contribution >= 0.6 is 0 Å². The van der Waals surface area contributed by atoms with Crippen molar-refractivity contribution in [2.45, 2.75) is 39.5 Å². The van der Waals surface area contributed by atoms with Crippen LogP contribution in [0.3, 0.4) is 0 Å². The summed E-state index contributed by atoms with van der Waals surface area (Å²) in [7, 11) is 3.38. The molecule has 1 rings (SSSR count). The van der Waals surface area contributed by atoms with E-state index in [4.69, 9.17) is 9.47 Å². The Morgan fingerprint density at radius 1 is 1.16 bits per heavy atom. The van der Waals surface area contributed by atoms with E-state index in [1.165, 1.54) is 45.3 Å². The molecule has 1 saturated heterocycles. The van der Waals surface area contributed by atoms with Gasteiger partial charge in [0.1, 0.15) is 0 Å². The highest BCUT2D eigenvalue weighted by molar-refractivity contribution is 5.20. The smallest absolute Gasteiger partial charge is 0.156 e. The summed E-state index contributed by atoms with van der Waals surface area (Å²) in [5.74, 6) is 2.18. The number of hydrogen-bond acceptors (Lipinski definition) is 3. The van der Waals surface area contributed by atoms with Gasteiger partial charge in [-0.15, -0.1) is 0 Å². The molecule has 1 unspecified atom stereocenters. The SMILES string of the molecule is C/C=C(OC)\C(=C/C(C)CCCN1CCCC1)OC. The van der Waals surface area contributed by atoms with Gasteiger partial charge in [0.05, 0.1) is 14.2 Å². The van der Waals surface area contributed by atoms with E-state index >= 15 is 0 Å². The quantitative estimate of drug-likeness (QED) is 0.495. The van der Waals surface area contributed by atoms with Crippen molar-refractivity contribution < 1.29 is 9.47 Å². The molecule has 3 heteroatoms. The second kappa shape index (κ2) is 9.03. The van der Waals surface area contributed by atoms with Crippen LogP contribution in [0.2, 0.25) is 0 Å². The number of methoxy groups -OCH3 is 2. The molecule has 1 fully saturated rings. The van der Waals surface area contributed by atoms with E-state index in [2.05, 4.69) is 17.9 Å². The lowest BCUT2D eigenvalue weighted by Gasteiger charge is -2.16. The minimum absolute atomic E-state index is 0.516. The maximum Gasteiger partial charge on any atom is 0.156 e. The normalized spacial score (nSPS) is 19.6. The molecule has 0 radical (unpaired) electrons. The fourth-order valence-electron chi connectivity index (χ4n) is 2.60. The Kier molecular flexibility index (Phi) is 7.65. The second-order valence-corrected chi connectivity index (χ2v) is 5.26. The molecule has 0 aromatic carbocycles. The largest absolute Gasteiger partial charge is 0.493 e. The summed E-state index contributed by atoms with van der Waals surface area (Å²) in [6, 6.07) is 0. The molecule has 110 valence electrons. The fraction of sp³-hybridized carbons (Fsp3) is 0.750. The van der Waals surface area contributed by atoms with E-state index in [0.717, 1.165) is 11.5 Å². The van der Waals surface area contributed by atoms with E-state index in [1.807, 2.05) is 13.0 Å². The van der Waals surface area contributed by atoms with Crippen LogP contribution < -0.4 is 0 Å². The van der Waals surface area contributed by atoms with Gasteiger partial charge < -0.3 is 14.4 Å². The number of ether oxygens (including phenoxy) is 2. The van der Waals surface area contributed by atoms with Crippen LogP contribution in [0.25, 0.3) is 0 Å². The van der Waals surface area contributed by atoms with E-state index < -0.39 is 0 Å². The lowest BCUT2D eigenvalue weighted by atomic mass is 10.0. The van der Waals surface area contributed by atoms with Gasteiger partial charge >= 0.3 is 0 Å². The molecule has 0 aromatic rings. The highest BCUT2D eigenvalue weighted by Gasteiger charge is 2.12. The van der Waals surface area contributed by atoms with Crippen molar-refractivity contribution in [2.24, 2.45) is 5.92 Å². The zero-order valence-corrected chi connectivity index (χ0v) is 12.9. The molecule has 0 amide bonds. The van der Waals surface area contributed by atoms with Crippen LogP contribution in [0, 0.1) is 5.92 Å². The highest BCUT2D eigenvalue weighted by atomic mass is 16.5. The lowest BCUT2D eigenvalue weighted by molar-refractivity contribution is 0.217. The van der Waals surface area contributed by atoms with Crippen LogP contribution in [-0.4, -0.2) is 38.8 Å². The van der Waals surface area contributed by atoms with Crippen molar-refractivity contribution in [3.05, 3.63) is 23.7 Å². The zero-order valence-electron chi connectivity index (χ0n) is 12.9. The summed E-state index contributed by atoms with van der Waals surface area (Å²) < 4.78 is 10.7. The van der Waals surface area contributed by atoms with Gasteiger partial charge in [-0.1, -0.05) is 6.92 Å². The molecule has 3 nitrogen and oxygen atoms in total. The summed E-state index contributed by atoms with van der Waals surface area (Å²) in [4.78, 5) is 2.57. The Morgan fingerprint density at radius 2 is 1.79 bits per heavy atom. The summed E-state index contributed by atoms with van der Waals surface area (Å²) >= 11 is 0. The Labute approximate surface area is 118 Å². The van der Waals surface area contributed by atoms with Crippen LogP contribution in [0.5, 0.6) is 0 Å². The second-order valence-electron chi connectivity index (χ2n) is 5.26. The topological polar surface area (TPSA) is 21.7 Å². The minimum Gasteiger partial charge on any atom is -0.493 e. The first-order valence-corrected chi connectivity index (χ1v) is 7.40. The maximum atomic E-state index is 5.40. The number of nitrogens with zero attached hydrogens (tertiary/aromatic N) is 1. The minimum atomic E-state index is 0.516. The molecular formula is C16H29NO2.